The number of aromatic hydroxyl groups is 2. The number of benzene rings is 6. The Morgan fingerprint density at radius 3 is 1.61 bits per heavy atom. The number of methoxy groups -OCH3 is 1. The molecule has 0 spiro atoms. The first kappa shape index (κ1) is 29.2. The van der Waals surface area contributed by atoms with Gasteiger partial charge in [0, 0.05) is 0 Å². The molecule has 0 bridgehead atoms. The second-order valence-electron chi connectivity index (χ2n) is 12.0. The lowest BCUT2D eigenvalue weighted by Crippen LogP contribution is -2.28. The molecule has 6 aromatic carbocycles. The Hall–Kier alpha value is -5.52. The summed E-state index contributed by atoms with van der Waals surface area (Å²) < 4.78 is 11.4. The first-order valence-corrected chi connectivity index (χ1v) is 15.2. The van der Waals surface area contributed by atoms with Crippen molar-refractivity contribution in [1.82, 2.24) is 0 Å². The molecule has 6 aromatic rings. The van der Waals surface area contributed by atoms with Crippen LogP contribution < -0.4 is 9.47 Å². The quantitative estimate of drug-likeness (QED) is 0.169. The third-order valence-corrected chi connectivity index (χ3v) is 9.28. The molecule has 1 aliphatic rings. The van der Waals surface area contributed by atoms with Gasteiger partial charge in [-0.3, -0.25) is 0 Å². The monoisotopic (exact) mass is 606 g/mol. The molecular weight excluding hydrogens is 572 g/mol. The summed E-state index contributed by atoms with van der Waals surface area (Å²) in [5.41, 5.74) is 6.37. The van der Waals surface area contributed by atoms with Crippen LogP contribution in [0.2, 0.25) is 0 Å². The van der Waals surface area contributed by atoms with Gasteiger partial charge in [-0.1, -0.05) is 91.0 Å². The van der Waals surface area contributed by atoms with Crippen LogP contribution in [0, 0.1) is 6.92 Å². The van der Waals surface area contributed by atoms with E-state index in [1.54, 1.807) is 38.3 Å². The van der Waals surface area contributed by atoms with E-state index in [1.807, 2.05) is 85.8 Å². The van der Waals surface area contributed by atoms with E-state index in [-0.39, 0.29) is 11.5 Å². The van der Waals surface area contributed by atoms with E-state index >= 15 is 0 Å². The smallest absolute Gasteiger partial charge is 0.169 e. The highest BCUT2D eigenvalue weighted by molar-refractivity contribution is 5.86. The number of fused-ring (bicyclic) bond motifs is 3. The zero-order valence-electron chi connectivity index (χ0n) is 25.9. The minimum absolute atomic E-state index is 0.00984. The molecule has 5 heteroatoms. The molecule has 7 rings (SSSR count). The second-order valence-corrected chi connectivity index (χ2v) is 12.0. The molecule has 46 heavy (non-hydrogen) atoms. The highest BCUT2D eigenvalue weighted by Crippen LogP contribution is 2.57. The molecule has 0 fully saturated rings. The molecule has 1 aliphatic carbocycles. The van der Waals surface area contributed by atoms with Crippen molar-refractivity contribution in [2.45, 2.75) is 24.9 Å². The second kappa shape index (κ2) is 11.1. The number of phenols is 2. The van der Waals surface area contributed by atoms with Crippen molar-refractivity contribution < 1.29 is 24.8 Å². The number of aliphatic hydroxyl groups is 1. The van der Waals surface area contributed by atoms with Crippen molar-refractivity contribution in [3.8, 4) is 39.9 Å². The Morgan fingerprint density at radius 2 is 1.09 bits per heavy atom. The van der Waals surface area contributed by atoms with Crippen LogP contribution in [0.4, 0.5) is 0 Å². The van der Waals surface area contributed by atoms with Crippen molar-refractivity contribution in [3.63, 3.8) is 0 Å². The molecule has 228 valence electrons. The summed E-state index contributed by atoms with van der Waals surface area (Å²) in [6, 6.07) is 42.5. The Balaban J connectivity index is 1.26. The van der Waals surface area contributed by atoms with Gasteiger partial charge in [0.15, 0.2) is 11.5 Å². The average Bonchev–Trinajstić information content (AvgIpc) is 3.38. The zero-order valence-corrected chi connectivity index (χ0v) is 25.9. The first-order chi connectivity index (χ1) is 22.2. The van der Waals surface area contributed by atoms with Crippen LogP contribution in [0.3, 0.4) is 0 Å². The van der Waals surface area contributed by atoms with Crippen molar-refractivity contribution in [2.24, 2.45) is 0 Å². The minimum atomic E-state index is -1.22. The molecule has 1 atom stereocenters. The maximum atomic E-state index is 11.4. The van der Waals surface area contributed by atoms with Gasteiger partial charge in [-0.05, 0) is 106 Å². The number of rotatable bonds is 7. The molecular formula is C41H34O5. The Labute approximate surface area is 268 Å². The standard InChI is InChI=1S/C41H34O5/c1-26-12-13-29(24-37(26)42)41(35-10-6-4-8-33(35)34-9-5-7-11-36(34)41)30-18-23-39(38(43)25-30)46-32-21-16-28(17-22-32)40(2,44)27-14-19-31(45-3)20-15-27/h4-25,42-44H,1-3H3. The maximum absolute atomic E-state index is 11.4. The Bertz CT molecular complexity index is 2010. The Kier molecular flexibility index (Phi) is 7.07. The predicted octanol–water partition coefficient (Wildman–Crippen LogP) is 8.83. The topological polar surface area (TPSA) is 79.2 Å². The van der Waals surface area contributed by atoms with Gasteiger partial charge in [-0.25, -0.2) is 0 Å². The molecule has 0 aromatic heterocycles. The summed E-state index contributed by atoms with van der Waals surface area (Å²) in [5, 5.41) is 33.6. The van der Waals surface area contributed by atoms with Gasteiger partial charge >= 0.3 is 0 Å². The number of hydrogen-bond acceptors (Lipinski definition) is 5. The number of phenolic OH excluding ortho intramolecular Hbond substituents is 2. The van der Waals surface area contributed by atoms with Gasteiger partial charge in [0.25, 0.3) is 0 Å². The molecule has 5 nitrogen and oxygen atoms in total. The first-order valence-electron chi connectivity index (χ1n) is 15.2. The fourth-order valence-corrected chi connectivity index (χ4v) is 6.76. The van der Waals surface area contributed by atoms with Crippen LogP contribution in [0.1, 0.15) is 45.9 Å². The van der Waals surface area contributed by atoms with Crippen LogP contribution in [-0.4, -0.2) is 22.4 Å². The third-order valence-electron chi connectivity index (χ3n) is 9.28. The van der Waals surface area contributed by atoms with E-state index < -0.39 is 11.0 Å². The lowest BCUT2D eigenvalue weighted by atomic mass is 9.67. The van der Waals surface area contributed by atoms with Gasteiger partial charge in [0.1, 0.15) is 22.8 Å². The largest absolute Gasteiger partial charge is 0.508 e. The fourth-order valence-electron chi connectivity index (χ4n) is 6.76. The van der Waals surface area contributed by atoms with Crippen LogP contribution in [-0.2, 0) is 11.0 Å². The molecule has 0 saturated carbocycles. The average molecular weight is 607 g/mol. The molecule has 0 aliphatic heterocycles. The maximum Gasteiger partial charge on any atom is 0.169 e. The van der Waals surface area contributed by atoms with Gasteiger partial charge in [0.2, 0.25) is 0 Å². The normalized spacial score (nSPS) is 14.2. The van der Waals surface area contributed by atoms with Crippen molar-refractivity contribution in [2.75, 3.05) is 7.11 Å². The summed E-state index contributed by atoms with van der Waals surface area (Å²) in [4.78, 5) is 0. The summed E-state index contributed by atoms with van der Waals surface area (Å²) in [7, 11) is 1.61. The van der Waals surface area contributed by atoms with Crippen molar-refractivity contribution in [3.05, 3.63) is 172 Å². The van der Waals surface area contributed by atoms with Gasteiger partial charge in [-0.2, -0.15) is 0 Å². The number of ether oxygens (including phenoxy) is 2. The lowest BCUT2D eigenvalue weighted by molar-refractivity contribution is 0.102. The molecule has 0 saturated heterocycles. The van der Waals surface area contributed by atoms with Crippen LogP contribution in [0.15, 0.2) is 133 Å². The highest BCUT2D eigenvalue weighted by atomic mass is 16.5. The van der Waals surface area contributed by atoms with Gasteiger partial charge < -0.3 is 24.8 Å². The van der Waals surface area contributed by atoms with E-state index in [0.29, 0.717) is 17.1 Å². The molecule has 0 heterocycles. The van der Waals surface area contributed by atoms with E-state index in [9.17, 15) is 15.3 Å². The molecule has 0 amide bonds. The van der Waals surface area contributed by atoms with Crippen LogP contribution in [0.5, 0.6) is 28.7 Å². The van der Waals surface area contributed by atoms with Crippen LogP contribution in [0.25, 0.3) is 11.1 Å². The fraction of sp³-hybridized carbons (Fsp3) is 0.122. The summed E-state index contributed by atoms with van der Waals surface area (Å²) in [5.74, 6) is 1.76. The van der Waals surface area contributed by atoms with Gasteiger partial charge in [-0.15, -0.1) is 0 Å². The van der Waals surface area contributed by atoms with E-state index in [2.05, 4.69) is 30.3 Å². The summed E-state index contributed by atoms with van der Waals surface area (Å²) in [6.07, 6.45) is 0. The van der Waals surface area contributed by atoms with Crippen LogP contribution >= 0.6 is 0 Å². The zero-order chi connectivity index (χ0) is 32.1. The SMILES string of the molecule is COc1ccc(C(C)(O)c2ccc(Oc3ccc(C4(c5ccc(C)c(O)c5)c5ccccc5-c5ccccc54)cc3O)cc2)cc1. The third kappa shape index (κ3) is 4.59. The minimum Gasteiger partial charge on any atom is -0.508 e. The Morgan fingerprint density at radius 1 is 0.587 bits per heavy atom. The van der Waals surface area contributed by atoms with E-state index in [1.165, 1.54) is 0 Å². The van der Waals surface area contributed by atoms with Crippen molar-refractivity contribution >= 4 is 0 Å². The summed E-state index contributed by atoms with van der Waals surface area (Å²) in [6.45, 7) is 3.63. The number of hydrogen-bond donors (Lipinski definition) is 3. The van der Waals surface area contributed by atoms with Gasteiger partial charge in [0.05, 0.1) is 12.5 Å². The molecule has 3 N–H and O–H groups in total. The highest BCUT2D eigenvalue weighted by Gasteiger charge is 2.46. The van der Waals surface area contributed by atoms with E-state index in [4.69, 9.17) is 9.47 Å². The summed E-state index contributed by atoms with van der Waals surface area (Å²) >= 11 is 0. The molecule has 1 unspecified atom stereocenters. The molecule has 0 radical (unpaired) electrons. The number of aryl methyl sites for hydroxylation is 1. The predicted molar refractivity (Wildman–Crippen MR) is 180 cm³/mol. The lowest BCUT2D eigenvalue weighted by Gasteiger charge is -2.34. The van der Waals surface area contributed by atoms with Crippen molar-refractivity contribution in [1.29, 1.82) is 0 Å². The van der Waals surface area contributed by atoms with E-state index in [0.717, 1.165) is 50.3 Å².